The van der Waals surface area contributed by atoms with Gasteiger partial charge in [-0.15, -0.1) is 11.3 Å². The lowest BCUT2D eigenvalue weighted by atomic mass is 10.1. The maximum Gasteiger partial charge on any atom is 0.265 e. The van der Waals surface area contributed by atoms with Crippen molar-refractivity contribution < 1.29 is 23.6 Å². The number of aromatic nitrogens is 2. The number of anilines is 1. The van der Waals surface area contributed by atoms with E-state index in [4.69, 9.17) is 14.0 Å². The van der Waals surface area contributed by atoms with Crippen molar-refractivity contribution >= 4 is 28.8 Å². The Hall–Kier alpha value is -3.24. The number of hydrogen-bond acceptors (Lipinski definition) is 8. The second-order valence-electron chi connectivity index (χ2n) is 7.51. The topological polar surface area (TPSA) is 98.0 Å². The molecule has 4 heterocycles. The minimum Gasteiger partial charge on any atom is -0.476 e. The van der Waals surface area contributed by atoms with Crippen LogP contribution in [0.25, 0.3) is 10.7 Å². The molecule has 3 aromatic rings. The predicted octanol–water partition coefficient (Wildman–Crippen LogP) is 2.38. The smallest absolute Gasteiger partial charge is 0.265 e. The van der Waals surface area contributed by atoms with E-state index in [0.29, 0.717) is 55.9 Å². The molecule has 2 aliphatic heterocycles. The number of amides is 2. The van der Waals surface area contributed by atoms with E-state index in [0.717, 1.165) is 4.88 Å². The molecule has 0 aliphatic carbocycles. The van der Waals surface area contributed by atoms with Crippen LogP contribution in [0.4, 0.5) is 5.69 Å². The monoisotopic (exact) mass is 454 g/mol. The number of rotatable bonds is 5. The number of carbonyl (C=O) groups is 2. The highest BCUT2D eigenvalue weighted by molar-refractivity contribution is 7.13. The molecule has 0 saturated carbocycles. The molecule has 0 spiro atoms. The van der Waals surface area contributed by atoms with Crippen LogP contribution in [0, 0.1) is 0 Å². The lowest BCUT2D eigenvalue weighted by molar-refractivity contribution is -0.142. The summed E-state index contributed by atoms with van der Waals surface area (Å²) in [6, 6.07) is 11.1. The van der Waals surface area contributed by atoms with Gasteiger partial charge in [-0.3, -0.25) is 9.59 Å². The summed E-state index contributed by atoms with van der Waals surface area (Å²) in [6.07, 6.45) is -0.252. The van der Waals surface area contributed by atoms with Gasteiger partial charge in [0.05, 0.1) is 30.3 Å². The van der Waals surface area contributed by atoms with Crippen LogP contribution in [0.15, 0.2) is 46.3 Å². The lowest BCUT2D eigenvalue weighted by Gasteiger charge is -2.37. The largest absolute Gasteiger partial charge is 0.476 e. The van der Waals surface area contributed by atoms with Gasteiger partial charge in [-0.1, -0.05) is 23.4 Å². The summed E-state index contributed by atoms with van der Waals surface area (Å²) in [5.41, 5.74) is 0.660. The highest BCUT2D eigenvalue weighted by atomic mass is 32.1. The Morgan fingerprint density at radius 2 is 1.97 bits per heavy atom. The zero-order valence-corrected chi connectivity index (χ0v) is 18.1. The number of benzene rings is 1. The normalized spacial score (nSPS) is 18.2. The predicted molar refractivity (Wildman–Crippen MR) is 117 cm³/mol. The molecule has 0 radical (unpaired) electrons. The van der Waals surface area contributed by atoms with Crippen LogP contribution in [0.2, 0.25) is 0 Å². The van der Waals surface area contributed by atoms with Gasteiger partial charge in [-0.05, 0) is 23.6 Å². The first-order valence-corrected chi connectivity index (χ1v) is 11.4. The Morgan fingerprint density at radius 1 is 1.12 bits per heavy atom. The second-order valence-corrected chi connectivity index (χ2v) is 8.45. The fourth-order valence-electron chi connectivity index (χ4n) is 3.80. The Morgan fingerprint density at radius 3 is 2.78 bits per heavy atom. The van der Waals surface area contributed by atoms with Crippen molar-refractivity contribution in [3.8, 4) is 16.5 Å². The highest BCUT2D eigenvalue weighted by Crippen LogP contribution is 2.34. The number of nitrogens with zero attached hydrogens (tertiary/aromatic N) is 4. The van der Waals surface area contributed by atoms with Crippen LogP contribution >= 0.6 is 11.3 Å². The molecule has 1 saturated heterocycles. The van der Waals surface area contributed by atoms with Crippen molar-refractivity contribution in [3.63, 3.8) is 0 Å². The van der Waals surface area contributed by atoms with Crippen LogP contribution in [-0.4, -0.2) is 65.8 Å². The summed E-state index contributed by atoms with van der Waals surface area (Å²) in [4.78, 5) is 34.8. The van der Waals surface area contributed by atoms with Gasteiger partial charge in [-0.25, -0.2) is 0 Å². The molecule has 1 atom stereocenters. The van der Waals surface area contributed by atoms with Crippen molar-refractivity contribution in [2.75, 3.05) is 37.7 Å². The standard InChI is InChI=1S/C22H22N4O5S/c27-20(8-7-19-23-21(24-31-19)18-6-3-13-32-18)26-14-17(22(28)25-9-11-29-12-10-25)30-16-5-2-1-4-15(16)26/h1-6,13,17H,7-12,14H2. The number of thiophene rings is 1. The number of para-hydroxylation sites is 2. The zero-order chi connectivity index (χ0) is 21.9. The average molecular weight is 455 g/mol. The summed E-state index contributed by atoms with van der Waals surface area (Å²) in [6.45, 7) is 2.23. The molecular weight excluding hydrogens is 432 g/mol. The maximum absolute atomic E-state index is 13.2. The van der Waals surface area contributed by atoms with E-state index in [9.17, 15) is 9.59 Å². The highest BCUT2D eigenvalue weighted by Gasteiger charge is 2.36. The number of morpholine rings is 1. The first-order valence-electron chi connectivity index (χ1n) is 10.5. The van der Waals surface area contributed by atoms with Gasteiger partial charge in [0.25, 0.3) is 5.91 Å². The van der Waals surface area contributed by atoms with Crippen LogP contribution in [-0.2, 0) is 20.7 Å². The Bertz CT molecular complexity index is 1090. The van der Waals surface area contributed by atoms with E-state index in [1.54, 1.807) is 15.9 Å². The van der Waals surface area contributed by atoms with E-state index < -0.39 is 6.10 Å². The third-order valence-corrected chi connectivity index (χ3v) is 6.30. The third kappa shape index (κ3) is 4.23. The summed E-state index contributed by atoms with van der Waals surface area (Å²) in [5.74, 6) is 1.20. The Kier molecular flexibility index (Phi) is 5.87. The minimum absolute atomic E-state index is 0.127. The molecule has 32 heavy (non-hydrogen) atoms. The van der Waals surface area contributed by atoms with Crippen molar-refractivity contribution in [1.82, 2.24) is 15.0 Å². The first-order chi connectivity index (χ1) is 15.7. The number of fused-ring (bicyclic) bond motifs is 1. The summed E-state index contributed by atoms with van der Waals surface area (Å²) < 4.78 is 16.6. The molecule has 2 aliphatic rings. The van der Waals surface area contributed by atoms with E-state index in [2.05, 4.69) is 10.1 Å². The lowest BCUT2D eigenvalue weighted by Crippen LogP contribution is -2.54. The number of carbonyl (C=O) groups excluding carboxylic acids is 2. The summed E-state index contributed by atoms with van der Waals surface area (Å²) >= 11 is 1.53. The maximum atomic E-state index is 13.2. The molecule has 0 bridgehead atoms. The van der Waals surface area contributed by atoms with Crippen molar-refractivity contribution in [2.24, 2.45) is 0 Å². The third-order valence-electron chi connectivity index (χ3n) is 5.44. The fraction of sp³-hybridized carbons (Fsp3) is 0.364. The minimum atomic E-state index is -0.749. The van der Waals surface area contributed by atoms with Gasteiger partial charge in [0, 0.05) is 25.9 Å². The van der Waals surface area contributed by atoms with E-state index in [1.807, 2.05) is 35.7 Å². The van der Waals surface area contributed by atoms with Gasteiger partial charge in [0.15, 0.2) is 6.10 Å². The van der Waals surface area contributed by atoms with Crippen LogP contribution in [0.3, 0.4) is 0 Å². The van der Waals surface area contributed by atoms with E-state index in [1.165, 1.54) is 11.3 Å². The summed E-state index contributed by atoms with van der Waals surface area (Å²) in [5, 5.41) is 5.93. The Balaban J connectivity index is 1.29. The van der Waals surface area contributed by atoms with Gasteiger partial charge < -0.3 is 23.8 Å². The molecule has 2 aromatic heterocycles. The van der Waals surface area contributed by atoms with E-state index in [-0.39, 0.29) is 24.8 Å². The number of ether oxygens (including phenoxy) is 2. The zero-order valence-electron chi connectivity index (χ0n) is 17.3. The molecule has 9 nitrogen and oxygen atoms in total. The molecule has 1 fully saturated rings. The molecular formula is C22H22N4O5S. The van der Waals surface area contributed by atoms with Gasteiger partial charge in [0.2, 0.25) is 17.6 Å². The molecule has 10 heteroatoms. The van der Waals surface area contributed by atoms with Crippen LogP contribution in [0.1, 0.15) is 12.3 Å². The first kappa shape index (κ1) is 20.7. The Labute approximate surface area is 188 Å². The molecule has 166 valence electrons. The number of aryl methyl sites for hydroxylation is 1. The van der Waals surface area contributed by atoms with Gasteiger partial charge in [-0.2, -0.15) is 4.98 Å². The molecule has 0 N–H and O–H groups in total. The molecule has 1 aromatic carbocycles. The summed E-state index contributed by atoms with van der Waals surface area (Å²) in [7, 11) is 0. The van der Waals surface area contributed by atoms with E-state index >= 15 is 0 Å². The van der Waals surface area contributed by atoms with Crippen molar-refractivity contribution in [1.29, 1.82) is 0 Å². The number of hydrogen-bond donors (Lipinski definition) is 0. The quantitative estimate of drug-likeness (QED) is 0.584. The second kappa shape index (κ2) is 9.09. The van der Waals surface area contributed by atoms with Crippen molar-refractivity contribution in [2.45, 2.75) is 18.9 Å². The SMILES string of the molecule is O=C(C1CN(C(=O)CCc2nc(-c3cccs3)no2)c2ccccc2O1)N1CCOCC1. The van der Waals surface area contributed by atoms with Crippen molar-refractivity contribution in [3.05, 3.63) is 47.7 Å². The fourth-order valence-corrected chi connectivity index (χ4v) is 4.45. The average Bonchev–Trinajstić information content (AvgIpc) is 3.54. The molecule has 2 amide bonds. The van der Waals surface area contributed by atoms with Crippen LogP contribution < -0.4 is 9.64 Å². The molecule has 5 rings (SSSR count). The molecule has 1 unspecified atom stereocenters. The van der Waals surface area contributed by atoms with Crippen LogP contribution in [0.5, 0.6) is 5.75 Å². The van der Waals surface area contributed by atoms with Gasteiger partial charge in [0.1, 0.15) is 5.75 Å². The van der Waals surface area contributed by atoms with Gasteiger partial charge >= 0.3 is 0 Å².